The molecule has 28 heavy (non-hydrogen) atoms. The van der Waals surface area contributed by atoms with Gasteiger partial charge in [-0.25, -0.2) is 0 Å². The molecule has 2 aliphatic rings. The van der Waals surface area contributed by atoms with Crippen LogP contribution >= 0.6 is 11.3 Å². The number of hydrogen-bond acceptors (Lipinski definition) is 5. The highest BCUT2D eigenvalue weighted by Gasteiger charge is 2.26. The van der Waals surface area contributed by atoms with Gasteiger partial charge in [0.15, 0.2) is 5.96 Å². The average molecular weight is 408 g/mol. The van der Waals surface area contributed by atoms with Crippen molar-refractivity contribution in [3.05, 3.63) is 22.4 Å². The van der Waals surface area contributed by atoms with Crippen molar-refractivity contribution in [2.24, 2.45) is 10.9 Å². The number of nitrogens with zero attached hydrogens (tertiary/aromatic N) is 3. The van der Waals surface area contributed by atoms with Crippen molar-refractivity contribution >= 4 is 17.3 Å². The Labute approximate surface area is 174 Å². The minimum atomic E-state index is 0.432. The zero-order valence-electron chi connectivity index (χ0n) is 17.7. The van der Waals surface area contributed by atoms with Gasteiger partial charge in [0, 0.05) is 44.1 Å². The summed E-state index contributed by atoms with van der Waals surface area (Å²) in [5.41, 5.74) is 0. The lowest BCUT2D eigenvalue weighted by Crippen LogP contribution is -2.53. The maximum atomic E-state index is 5.52. The Morgan fingerprint density at radius 3 is 2.43 bits per heavy atom. The summed E-state index contributed by atoms with van der Waals surface area (Å²) in [6, 6.07) is 5.35. The van der Waals surface area contributed by atoms with Crippen LogP contribution in [0.2, 0.25) is 0 Å². The molecule has 1 aromatic rings. The van der Waals surface area contributed by atoms with Crippen molar-refractivity contribution in [2.75, 3.05) is 59.5 Å². The molecule has 0 bridgehead atoms. The SMILES string of the molecule is CN=C(NCC(c1cccs1)N1CCCC1)NCC(C(C)C)N1CCOCC1. The zero-order chi connectivity index (χ0) is 19.8. The van der Waals surface area contributed by atoms with Gasteiger partial charge in [-0.2, -0.15) is 0 Å². The molecule has 7 heteroatoms. The second kappa shape index (κ2) is 11.1. The van der Waals surface area contributed by atoms with Crippen LogP contribution in [0, 0.1) is 5.92 Å². The number of likely N-dealkylation sites (tertiary alicyclic amines) is 1. The van der Waals surface area contributed by atoms with Crippen molar-refractivity contribution in [2.45, 2.75) is 38.8 Å². The molecule has 1 aromatic heterocycles. The lowest BCUT2D eigenvalue weighted by atomic mass is 10.0. The summed E-state index contributed by atoms with van der Waals surface area (Å²) in [6.07, 6.45) is 2.62. The molecular formula is C21H37N5OS. The molecule has 0 aromatic carbocycles. The van der Waals surface area contributed by atoms with E-state index < -0.39 is 0 Å². The fourth-order valence-electron chi connectivity index (χ4n) is 4.25. The Morgan fingerprint density at radius 2 is 1.82 bits per heavy atom. The molecule has 0 radical (unpaired) electrons. The van der Waals surface area contributed by atoms with Crippen LogP contribution in [-0.2, 0) is 4.74 Å². The van der Waals surface area contributed by atoms with Gasteiger partial charge >= 0.3 is 0 Å². The molecule has 3 heterocycles. The van der Waals surface area contributed by atoms with E-state index in [0.29, 0.717) is 18.0 Å². The van der Waals surface area contributed by atoms with Crippen LogP contribution in [0.1, 0.15) is 37.6 Å². The number of rotatable bonds is 8. The molecule has 0 saturated carbocycles. The van der Waals surface area contributed by atoms with Crippen LogP contribution in [0.5, 0.6) is 0 Å². The number of nitrogens with one attached hydrogen (secondary N) is 2. The molecule has 2 N–H and O–H groups in total. The molecule has 2 fully saturated rings. The fraction of sp³-hybridized carbons (Fsp3) is 0.762. The topological polar surface area (TPSA) is 52.1 Å². The molecule has 158 valence electrons. The number of ether oxygens (including phenoxy) is 1. The Kier molecular flexibility index (Phi) is 8.58. The summed E-state index contributed by atoms with van der Waals surface area (Å²) in [6.45, 7) is 12.5. The van der Waals surface area contributed by atoms with E-state index >= 15 is 0 Å². The quantitative estimate of drug-likeness (QED) is 0.512. The summed E-state index contributed by atoms with van der Waals surface area (Å²) in [7, 11) is 1.87. The van der Waals surface area contributed by atoms with Crippen LogP contribution in [0.25, 0.3) is 0 Å². The molecule has 2 atom stereocenters. The summed E-state index contributed by atoms with van der Waals surface area (Å²) < 4.78 is 5.52. The first-order valence-corrected chi connectivity index (χ1v) is 11.6. The molecule has 2 unspecified atom stereocenters. The standard InChI is InChI=1S/C21H37N5OS/c1-17(2)18(26-10-12-27-13-11-26)15-23-21(22-3)24-16-19(20-7-6-14-28-20)25-8-4-5-9-25/h6-7,14,17-19H,4-5,8-13,15-16H2,1-3H3,(H2,22,23,24). The summed E-state index contributed by atoms with van der Waals surface area (Å²) >= 11 is 1.86. The van der Waals surface area contributed by atoms with Crippen molar-refractivity contribution in [3.63, 3.8) is 0 Å². The van der Waals surface area contributed by atoms with Gasteiger partial charge in [-0.3, -0.25) is 14.8 Å². The van der Waals surface area contributed by atoms with E-state index in [0.717, 1.165) is 45.4 Å². The lowest BCUT2D eigenvalue weighted by Gasteiger charge is -2.37. The predicted molar refractivity (Wildman–Crippen MR) is 118 cm³/mol. The molecule has 0 spiro atoms. The zero-order valence-corrected chi connectivity index (χ0v) is 18.5. The van der Waals surface area contributed by atoms with Crippen LogP contribution in [-0.4, -0.2) is 81.3 Å². The highest BCUT2D eigenvalue weighted by molar-refractivity contribution is 7.10. The van der Waals surface area contributed by atoms with Gasteiger partial charge in [-0.05, 0) is 43.3 Å². The fourth-order valence-corrected chi connectivity index (χ4v) is 5.12. The average Bonchev–Trinajstić information content (AvgIpc) is 3.42. The van der Waals surface area contributed by atoms with Gasteiger partial charge in [0.2, 0.25) is 0 Å². The normalized spacial score (nSPS) is 21.8. The monoisotopic (exact) mass is 407 g/mol. The van der Waals surface area contributed by atoms with Gasteiger partial charge in [-0.15, -0.1) is 11.3 Å². The van der Waals surface area contributed by atoms with E-state index in [1.54, 1.807) is 0 Å². The highest BCUT2D eigenvalue weighted by Crippen LogP contribution is 2.27. The molecule has 0 amide bonds. The molecular weight excluding hydrogens is 370 g/mol. The largest absolute Gasteiger partial charge is 0.379 e. The molecule has 0 aliphatic carbocycles. The van der Waals surface area contributed by atoms with E-state index in [1.165, 1.54) is 30.8 Å². The molecule has 2 aliphatic heterocycles. The first-order valence-electron chi connectivity index (χ1n) is 10.7. The Balaban J connectivity index is 1.54. The predicted octanol–water partition coefficient (Wildman–Crippen LogP) is 2.41. The Morgan fingerprint density at radius 1 is 1.11 bits per heavy atom. The van der Waals surface area contributed by atoms with Gasteiger partial charge in [0.05, 0.1) is 19.3 Å². The van der Waals surface area contributed by atoms with Crippen LogP contribution < -0.4 is 10.6 Å². The molecule has 2 saturated heterocycles. The first kappa shape index (κ1) is 21.6. The lowest BCUT2D eigenvalue weighted by molar-refractivity contribution is 0.00752. The second-order valence-electron chi connectivity index (χ2n) is 8.07. The maximum Gasteiger partial charge on any atom is 0.191 e. The van der Waals surface area contributed by atoms with Crippen LogP contribution in [0.15, 0.2) is 22.5 Å². The summed E-state index contributed by atoms with van der Waals surface area (Å²) in [5.74, 6) is 1.49. The molecule has 3 rings (SSSR count). The van der Waals surface area contributed by atoms with Crippen molar-refractivity contribution in [3.8, 4) is 0 Å². The van der Waals surface area contributed by atoms with Gasteiger partial charge in [0.1, 0.15) is 0 Å². The van der Waals surface area contributed by atoms with E-state index in [4.69, 9.17) is 4.74 Å². The van der Waals surface area contributed by atoms with E-state index in [-0.39, 0.29) is 0 Å². The number of hydrogen-bond donors (Lipinski definition) is 2. The maximum absolute atomic E-state index is 5.52. The van der Waals surface area contributed by atoms with Crippen molar-refractivity contribution in [1.82, 2.24) is 20.4 Å². The Bertz CT molecular complexity index is 580. The number of guanidine groups is 1. The summed E-state index contributed by atoms with van der Waals surface area (Å²) in [4.78, 5) is 11.1. The van der Waals surface area contributed by atoms with Gasteiger partial charge in [0.25, 0.3) is 0 Å². The van der Waals surface area contributed by atoms with E-state index in [9.17, 15) is 0 Å². The first-order chi connectivity index (χ1) is 13.7. The van der Waals surface area contributed by atoms with Gasteiger partial charge < -0.3 is 15.4 Å². The van der Waals surface area contributed by atoms with E-state index in [1.807, 2.05) is 18.4 Å². The van der Waals surface area contributed by atoms with Crippen LogP contribution in [0.4, 0.5) is 0 Å². The second-order valence-corrected chi connectivity index (χ2v) is 9.05. The summed E-state index contributed by atoms with van der Waals surface area (Å²) in [5, 5.41) is 9.35. The third-order valence-corrected chi connectivity index (χ3v) is 6.88. The highest BCUT2D eigenvalue weighted by atomic mass is 32.1. The Hall–Kier alpha value is -1.15. The van der Waals surface area contributed by atoms with Crippen molar-refractivity contribution in [1.29, 1.82) is 0 Å². The third-order valence-electron chi connectivity index (χ3n) is 5.90. The number of aliphatic imine (C=N–C) groups is 1. The van der Waals surface area contributed by atoms with E-state index in [2.05, 4.69) is 56.8 Å². The number of thiophene rings is 1. The van der Waals surface area contributed by atoms with Gasteiger partial charge in [-0.1, -0.05) is 19.9 Å². The minimum absolute atomic E-state index is 0.432. The minimum Gasteiger partial charge on any atom is -0.379 e. The van der Waals surface area contributed by atoms with Crippen molar-refractivity contribution < 1.29 is 4.74 Å². The van der Waals surface area contributed by atoms with Crippen LogP contribution in [0.3, 0.4) is 0 Å². The molecule has 6 nitrogen and oxygen atoms in total. The smallest absolute Gasteiger partial charge is 0.191 e. The number of morpholine rings is 1. The third kappa shape index (κ3) is 5.92.